The zero-order valence-corrected chi connectivity index (χ0v) is 14.8. The maximum absolute atomic E-state index is 12.0. The van der Waals surface area contributed by atoms with E-state index in [1.807, 2.05) is 0 Å². The van der Waals surface area contributed by atoms with Gasteiger partial charge in [-0.2, -0.15) is 9.78 Å². The Labute approximate surface area is 151 Å². The monoisotopic (exact) mass is 391 g/mol. The molecule has 2 heterocycles. The summed E-state index contributed by atoms with van der Waals surface area (Å²) in [5, 5.41) is 32.7. The number of aliphatic hydroxyl groups excluding tert-OH is 3. The number of aromatic nitrogens is 3. The molecule has 0 amide bonds. The van der Waals surface area contributed by atoms with Gasteiger partial charge in [-0.05, 0) is 13.3 Å². The number of H-pyrrole nitrogens is 1. The number of hydrogen-bond acceptors (Lipinski definition) is 10. The van der Waals surface area contributed by atoms with E-state index in [-0.39, 0.29) is 17.4 Å². The summed E-state index contributed by atoms with van der Waals surface area (Å²) in [5.41, 5.74) is -1.63. The number of aromatic amines is 1. The Morgan fingerprint density at radius 2 is 2.12 bits per heavy atom. The number of hydrogen-bond donors (Lipinski definition) is 4. The van der Waals surface area contributed by atoms with E-state index in [2.05, 4.69) is 10.1 Å². The lowest BCUT2D eigenvalue weighted by Crippen LogP contribution is -2.40. The maximum atomic E-state index is 12.0. The molecule has 1 aliphatic rings. The number of carbonyl (C=O) groups excluding carboxylic acids is 1. The van der Waals surface area contributed by atoms with E-state index < -0.39 is 42.4 Å². The average molecular weight is 391 g/mol. The van der Waals surface area contributed by atoms with Gasteiger partial charge in [0.2, 0.25) is 0 Å². The topological polar surface area (TPSA) is 164 Å². The number of aliphatic hydroxyl groups is 3. The molecule has 0 aromatic carbocycles. The van der Waals surface area contributed by atoms with Crippen LogP contribution in [0, 0.1) is 0 Å². The van der Waals surface area contributed by atoms with Gasteiger partial charge in [0.1, 0.15) is 18.3 Å². The Bertz CT molecular complexity index is 736. The van der Waals surface area contributed by atoms with Crippen LogP contribution in [0.5, 0.6) is 0 Å². The molecule has 0 radical (unpaired) electrons. The molecule has 0 aliphatic carbocycles. The minimum absolute atomic E-state index is 0.0498. The fourth-order valence-electron chi connectivity index (χ4n) is 2.36. The second kappa shape index (κ2) is 9.28. The fraction of sp³-hybridized carbons (Fsp3) is 0.714. The standard InChI is InChI=1S/C14H21N3O8S/c1-2-24-8(19)4-3-5-26-12-11(22)15-14(23)17(16-12)13-10(21)9(20)7(6-18)25-13/h7,9-10,13,18,20-21H,2-6H2,1H3,(H,15,22,23)/t7-,9-,10-,13-/m1/s1. The largest absolute Gasteiger partial charge is 0.466 e. The number of nitrogens with one attached hydrogen (secondary N) is 1. The predicted octanol–water partition coefficient (Wildman–Crippen LogP) is -2.02. The molecular formula is C14H21N3O8S. The van der Waals surface area contributed by atoms with Crippen molar-refractivity contribution in [3.05, 3.63) is 20.8 Å². The van der Waals surface area contributed by atoms with Gasteiger partial charge in [-0.1, -0.05) is 11.8 Å². The van der Waals surface area contributed by atoms with Crippen molar-refractivity contribution in [2.24, 2.45) is 0 Å². The van der Waals surface area contributed by atoms with E-state index >= 15 is 0 Å². The van der Waals surface area contributed by atoms with Crippen molar-refractivity contribution < 1.29 is 29.6 Å². The predicted molar refractivity (Wildman–Crippen MR) is 88.7 cm³/mol. The van der Waals surface area contributed by atoms with Gasteiger partial charge in [-0.15, -0.1) is 0 Å². The fourth-order valence-corrected chi connectivity index (χ4v) is 3.17. The number of carbonyl (C=O) groups is 1. The Balaban J connectivity index is 2.08. The molecule has 1 fully saturated rings. The van der Waals surface area contributed by atoms with Crippen LogP contribution in [0.25, 0.3) is 0 Å². The van der Waals surface area contributed by atoms with E-state index in [1.165, 1.54) is 0 Å². The summed E-state index contributed by atoms with van der Waals surface area (Å²) in [4.78, 5) is 37.2. The lowest BCUT2D eigenvalue weighted by atomic mass is 10.1. The first kappa shape index (κ1) is 20.6. The highest BCUT2D eigenvalue weighted by Gasteiger charge is 2.44. The first-order chi connectivity index (χ1) is 12.4. The van der Waals surface area contributed by atoms with Crippen molar-refractivity contribution in [2.45, 2.75) is 49.3 Å². The first-order valence-corrected chi connectivity index (χ1v) is 9.01. The summed E-state index contributed by atoms with van der Waals surface area (Å²) >= 11 is 1.03. The summed E-state index contributed by atoms with van der Waals surface area (Å²) in [7, 11) is 0. The van der Waals surface area contributed by atoms with Crippen LogP contribution in [0.2, 0.25) is 0 Å². The van der Waals surface area contributed by atoms with Crippen molar-refractivity contribution >= 4 is 17.7 Å². The van der Waals surface area contributed by atoms with Crippen LogP contribution < -0.4 is 11.2 Å². The van der Waals surface area contributed by atoms with Crippen LogP contribution in [-0.4, -0.2) is 73.3 Å². The van der Waals surface area contributed by atoms with Gasteiger partial charge in [0.05, 0.1) is 13.2 Å². The first-order valence-electron chi connectivity index (χ1n) is 8.03. The van der Waals surface area contributed by atoms with Gasteiger partial charge in [0.15, 0.2) is 11.3 Å². The molecule has 4 atom stereocenters. The van der Waals surface area contributed by atoms with Crippen molar-refractivity contribution in [2.75, 3.05) is 19.0 Å². The molecular weight excluding hydrogens is 370 g/mol. The summed E-state index contributed by atoms with van der Waals surface area (Å²) < 4.78 is 10.8. The Kier molecular flexibility index (Phi) is 7.34. The van der Waals surface area contributed by atoms with Gasteiger partial charge >= 0.3 is 11.7 Å². The molecule has 26 heavy (non-hydrogen) atoms. The number of esters is 1. The van der Waals surface area contributed by atoms with Gasteiger partial charge in [0, 0.05) is 12.2 Å². The lowest BCUT2D eigenvalue weighted by molar-refractivity contribution is -0.143. The highest BCUT2D eigenvalue weighted by molar-refractivity contribution is 7.99. The van der Waals surface area contributed by atoms with Crippen LogP contribution >= 0.6 is 11.8 Å². The SMILES string of the molecule is CCOC(=O)CCCSc1nn([C@@H]2O[C@H](CO)[C@@H](O)[C@H]2O)c(=O)[nH]c1=O. The summed E-state index contributed by atoms with van der Waals surface area (Å²) in [5.74, 6) is 0.0368. The summed E-state index contributed by atoms with van der Waals surface area (Å²) in [6.07, 6.45) is -4.68. The number of ether oxygens (including phenoxy) is 2. The van der Waals surface area contributed by atoms with Gasteiger partial charge < -0.3 is 24.8 Å². The number of rotatable bonds is 8. The van der Waals surface area contributed by atoms with Crippen molar-refractivity contribution in [3.8, 4) is 0 Å². The third-order valence-corrected chi connectivity index (χ3v) is 4.68. The van der Waals surface area contributed by atoms with Crippen LogP contribution in [0.1, 0.15) is 26.0 Å². The quantitative estimate of drug-likeness (QED) is 0.221. The Morgan fingerprint density at radius 1 is 1.38 bits per heavy atom. The van der Waals surface area contributed by atoms with Gasteiger partial charge in [0.25, 0.3) is 5.56 Å². The van der Waals surface area contributed by atoms with Gasteiger partial charge in [-0.3, -0.25) is 14.6 Å². The molecule has 0 bridgehead atoms. The van der Waals surface area contributed by atoms with Crippen LogP contribution in [-0.2, 0) is 14.3 Å². The van der Waals surface area contributed by atoms with Gasteiger partial charge in [-0.25, -0.2) is 4.79 Å². The summed E-state index contributed by atoms with van der Waals surface area (Å²) in [6.45, 7) is 1.45. The van der Waals surface area contributed by atoms with Crippen LogP contribution in [0.15, 0.2) is 14.6 Å². The minimum Gasteiger partial charge on any atom is -0.466 e. The third kappa shape index (κ3) is 4.71. The second-order valence-corrected chi connectivity index (χ2v) is 6.58. The van der Waals surface area contributed by atoms with Crippen LogP contribution in [0.4, 0.5) is 0 Å². The smallest absolute Gasteiger partial charge is 0.347 e. The molecule has 0 saturated carbocycles. The second-order valence-electron chi connectivity index (χ2n) is 5.49. The van der Waals surface area contributed by atoms with E-state index in [1.54, 1.807) is 6.92 Å². The molecule has 4 N–H and O–H groups in total. The molecule has 1 aliphatic heterocycles. The third-order valence-electron chi connectivity index (χ3n) is 3.65. The van der Waals surface area contributed by atoms with E-state index in [0.29, 0.717) is 18.8 Å². The average Bonchev–Trinajstić information content (AvgIpc) is 2.88. The zero-order chi connectivity index (χ0) is 19.3. The normalized spacial score (nSPS) is 25.4. The highest BCUT2D eigenvalue weighted by Crippen LogP contribution is 2.27. The molecule has 146 valence electrons. The van der Waals surface area contributed by atoms with E-state index in [4.69, 9.17) is 14.6 Å². The molecule has 1 aromatic heterocycles. The number of nitrogens with zero attached hydrogens (tertiary/aromatic N) is 2. The van der Waals surface area contributed by atoms with E-state index in [0.717, 1.165) is 16.4 Å². The molecule has 1 aromatic rings. The molecule has 0 unspecified atom stereocenters. The molecule has 12 heteroatoms. The zero-order valence-electron chi connectivity index (χ0n) is 14.0. The van der Waals surface area contributed by atoms with Crippen molar-refractivity contribution in [1.82, 2.24) is 14.8 Å². The minimum atomic E-state index is -1.50. The van der Waals surface area contributed by atoms with E-state index in [9.17, 15) is 24.6 Å². The van der Waals surface area contributed by atoms with Crippen molar-refractivity contribution in [1.29, 1.82) is 0 Å². The lowest BCUT2D eigenvalue weighted by Gasteiger charge is -2.16. The molecule has 11 nitrogen and oxygen atoms in total. The molecule has 0 spiro atoms. The Hall–Kier alpha value is -1.73. The highest BCUT2D eigenvalue weighted by atomic mass is 32.2. The summed E-state index contributed by atoms with van der Waals surface area (Å²) in [6, 6.07) is 0. The molecule has 2 rings (SSSR count). The van der Waals surface area contributed by atoms with Crippen LogP contribution in [0.3, 0.4) is 0 Å². The number of thioether (sulfide) groups is 1. The Morgan fingerprint density at radius 3 is 2.73 bits per heavy atom. The molecule has 1 saturated heterocycles. The maximum Gasteiger partial charge on any atom is 0.347 e. The van der Waals surface area contributed by atoms with Crippen molar-refractivity contribution in [3.63, 3.8) is 0 Å².